The summed E-state index contributed by atoms with van der Waals surface area (Å²) in [5, 5.41) is -0.0381. The van der Waals surface area contributed by atoms with Gasteiger partial charge in [0.15, 0.2) is 0 Å². The van der Waals surface area contributed by atoms with Crippen LogP contribution >= 0.6 is 66.1 Å². The van der Waals surface area contributed by atoms with Gasteiger partial charge in [0, 0.05) is 9.75 Å². The van der Waals surface area contributed by atoms with Crippen molar-refractivity contribution in [3.05, 3.63) is 41.1 Å². The van der Waals surface area contributed by atoms with Gasteiger partial charge in [0.2, 0.25) is 0 Å². The molecule has 0 aromatic carbocycles. The van der Waals surface area contributed by atoms with Crippen LogP contribution in [0.5, 0.6) is 0 Å². The molecule has 80 valence electrons. The van der Waals surface area contributed by atoms with E-state index in [9.17, 15) is 0 Å². The molecule has 2 rings (SSSR count). The minimum atomic E-state index is -0.0381. The largest absolute Gasteiger partial charge is 0.133 e. The highest BCUT2D eigenvalue weighted by Crippen LogP contribution is 2.40. The molecule has 0 amide bonds. The Morgan fingerprint density at radius 3 is 2.40 bits per heavy atom. The molecule has 1 atom stereocenters. The second-order valence-electron chi connectivity index (χ2n) is 3.07. The molecule has 2 heterocycles. The van der Waals surface area contributed by atoms with Gasteiger partial charge < -0.3 is 0 Å². The van der Waals surface area contributed by atoms with Crippen LogP contribution in [0.15, 0.2) is 25.8 Å². The first-order valence-electron chi connectivity index (χ1n) is 4.23. The summed E-state index contributed by atoms with van der Waals surface area (Å²) in [6.45, 7) is 2.10. The standard InChI is InChI=1S/C10H7Br2ClS2/c1-5-6(4-9(12)14-5)10(13)7-2-3-8(11)15-7/h2-4,10H,1H3. The molecule has 0 fully saturated rings. The van der Waals surface area contributed by atoms with E-state index in [4.69, 9.17) is 11.6 Å². The number of alkyl halides is 1. The SMILES string of the molecule is Cc1sc(Br)cc1C(Cl)c1ccc(Br)s1. The molecule has 0 radical (unpaired) electrons. The summed E-state index contributed by atoms with van der Waals surface area (Å²) in [7, 11) is 0. The first kappa shape index (κ1) is 12.1. The average molecular weight is 387 g/mol. The van der Waals surface area contributed by atoms with Crippen molar-refractivity contribution in [1.29, 1.82) is 0 Å². The second kappa shape index (κ2) is 4.88. The molecule has 0 spiro atoms. The summed E-state index contributed by atoms with van der Waals surface area (Å²) in [5.41, 5.74) is 1.20. The molecule has 15 heavy (non-hydrogen) atoms. The molecular weight excluding hydrogens is 380 g/mol. The minimum Gasteiger partial charge on any atom is -0.133 e. The van der Waals surface area contributed by atoms with E-state index >= 15 is 0 Å². The van der Waals surface area contributed by atoms with Gasteiger partial charge in [-0.05, 0) is 62.5 Å². The fourth-order valence-corrected chi connectivity index (χ4v) is 4.99. The highest BCUT2D eigenvalue weighted by Gasteiger charge is 2.17. The quantitative estimate of drug-likeness (QED) is 0.558. The predicted octanol–water partition coefficient (Wildman–Crippen LogP) is 5.97. The van der Waals surface area contributed by atoms with Gasteiger partial charge in [0.25, 0.3) is 0 Å². The molecule has 0 aliphatic rings. The Bertz CT molecular complexity index is 475. The number of hydrogen-bond acceptors (Lipinski definition) is 2. The maximum absolute atomic E-state index is 6.44. The first-order chi connectivity index (χ1) is 7.08. The Morgan fingerprint density at radius 1 is 1.20 bits per heavy atom. The zero-order chi connectivity index (χ0) is 11.0. The number of halogens is 3. The van der Waals surface area contributed by atoms with E-state index in [0.717, 1.165) is 7.57 Å². The van der Waals surface area contributed by atoms with Crippen molar-refractivity contribution in [3.8, 4) is 0 Å². The Kier molecular flexibility index (Phi) is 3.94. The van der Waals surface area contributed by atoms with Gasteiger partial charge in [-0.25, -0.2) is 0 Å². The van der Waals surface area contributed by atoms with Crippen LogP contribution in [-0.4, -0.2) is 0 Å². The molecule has 0 aliphatic heterocycles. The van der Waals surface area contributed by atoms with Gasteiger partial charge in [-0.2, -0.15) is 0 Å². The number of rotatable bonds is 2. The highest BCUT2D eigenvalue weighted by atomic mass is 79.9. The van der Waals surface area contributed by atoms with E-state index in [1.807, 2.05) is 6.07 Å². The van der Waals surface area contributed by atoms with E-state index in [2.05, 4.69) is 50.9 Å². The summed E-state index contributed by atoms with van der Waals surface area (Å²) < 4.78 is 2.26. The third-order valence-electron chi connectivity index (χ3n) is 2.04. The van der Waals surface area contributed by atoms with Crippen molar-refractivity contribution in [2.75, 3.05) is 0 Å². The minimum absolute atomic E-state index is 0.0381. The molecule has 0 bridgehead atoms. The molecule has 2 aromatic rings. The second-order valence-corrected chi connectivity index (χ2v) is 8.63. The summed E-state index contributed by atoms with van der Waals surface area (Å²) in [6.07, 6.45) is 0. The number of thiophene rings is 2. The molecule has 2 aromatic heterocycles. The summed E-state index contributed by atoms with van der Waals surface area (Å²) in [6, 6.07) is 6.20. The molecule has 0 nitrogen and oxygen atoms in total. The maximum atomic E-state index is 6.44. The van der Waals surface area contributed by atoms with Gasteiger partial charge in [-0.3, -0.25) is 0 Å². The van der Waals surface area contributed by atoms with Crippen LogP contribution in [0.3, 0.4) is 0 Å². The molecule has 0 saturated carbocycles. The van der Waals surface area contributed by atoms with Crippen LogP contribution in [0, 0.1) is 6.92 Å². The zero-order valence-corrected chi connectivity index (χ0v) is 13.3. The zero-order valence-electron chi connectivity index (χ0n) is 7.76. The van der Waals surface area contributed by atoms with Crippen LogP contribution in [0.1, 0.15) is 20.7 Å². The Balaban J connectivity index is 2.35. The van der Waals surface area contributed by atoms with E-state index in [1.54, 1.807) is 22.7 Å². The summed E-state index contributed by atoms with van der Waals surface area (Å²) in [5.74, 6) is 0. The van der Waals surface area contributed by atoms with Crippen LogP contribution in [0.25, 0.3) is 0 Å². The summed E-state index contributed by atoms with van der Waals surface area (Å²) in [4.78, 5) is 2.45. The fourth-order valence-electron chi connectivity index (χ4n) is 1.33. The lowest BCUT2D eigenvalue weighted by Gasteiger charge is -2.05. The topological polar surface area (TPSA) is 0 Å². The Morgan fingerprint density at radius 2 is 1.93 bits per heavy atom. The van der Waals surface area contributed by atoms with Gasteiger partial charge in [0.05, 0.1) is 12.9 Å². The number of hydrogen-bond donors (Lipinski definition) is 0. The van der Waals surface area contributed by atoms with Gasteiger partial charge in [0.1, 0.15) is 0 Å². The molecule has 1 unspecified atom stereocenters. The van der Waals surface area contributed by atoms with E-state index in [0.29, 0.717) is 0 Å². The van der Waals surface area contributed by atoms with Crippen LogP contribution in [0.2, 0.25) is 0 Å². The lowest BCUT2D eigenvalue weighted by atomic mass is 10.1. The lowest BCUT2D eigenvalue weighted by molar-refractivity contribution is 1.18. The Hall–Kier alpha value is 0.650. The van der Waals surface area contributed by atoms with E-state index in [1.165, 1.54) is 15.3 Å². The normalized spacial score (nSPS) is 13.1. The fraction of sp³-hybridized carbons (Fsp3) is 0.200. The van der Waals surface area contributed by atoms with Crippen molar-refractivity contribution in [3.63, 3.8) is 0 Å². The molecule has 0 saturated heterocycles. The van der Waals surface area contributed by atoms with Crippen molar-refractivity contribution >= 4 is 66.1 Å². The van der Waals surface area contributed by atoms with E-state index in [-0.39, 0.29) is 5.38 Å². The molecule has 0 aliphatic carbocycles. The van der Waals surface area contributed by atoms with Crippen LogP contribution < -0.4 is 0 Å². The maximum Gasteiger partial charge on any atom is 0.0939 e. The van der Waals surface area contributed by atoms with Crippen LogP contribution in [0.4, 0.5) is 0 Å². The average Bonchev–Trinajstić information content (AvgIpc) is 2.71. The van der Waals surface area contributed by atoms with Gasteiger partial charge >= 0.3 is 0 Å². The predicted molar refractivity (Wildman–Crippen MR) is 76.5 cm³/mol. The van der Waals surface area contributed by atoms with Crippen molar-refractivity contribution in [1.82, 2.24) is 0 Å². The number of aryl methyl sites for hydroxylation is 1. The monoisotopic (exact) mass is 384 g/mol. The van der Waals surface area contributed by atoms with Crippen LogP contribution in [-0.2, 0) is 0 Å². The third-order valence-corrected chi connectivity index (χ3v) is 5.90. The highest BCUT2D eigenvalue weighted by molar-refractivity contribution is 9.11. The molecular formula is C10H7Br2ClS2. The Labute approximate surface area is 119 Å². The molecule has 0 N–H and O–H groups in total. The van der Waals surface area contributed by atoms with E-state index < -0.39 is 0 Å². The summed E-state index contributed by atoms with van der Waals surface area (Å²) >= 11 is 16.8. The van der Waals surface area contributed by atoms with Crippen molar-refractivity contribution in [2.45, 2.75) is 12.3 Å². The third kappa shape index (κ3) is 2.67. The molecule has 5 heteroatoms. The van der Waals surface area contributed by atoms with Gasteiger partial charge in [-0.15, -0.1) is 34.3 Å². The van der Waals surface area contributed by atoms with Gasteiger partial charge in [-0.1, -0.05) is 0 Å². The lowest BCUT2D eigenvalue weighted by Crippen LogP contribution is -1.88. The first-order valence-corrected chi connectivity index (χ1v) is 7.88. The smallest absolute Gasteiger partial charge is 0.0939 e. The van der Waals surface area contributed by atoms with Crippen molar-refractivity contribution in [2.24, 2.45) is 0 Å². The van der Waals surface area contributed by atoms with Crippen molar-refractivity contribution < 1.29 is 0 Å².